The van der Waals surface area contributed by atoms with Crippen LogP contribution in [0.2, 0.25) is 0 Å². The van der Waals surface area contributed by atoms with Crippen LogP contribution < -0.4 is 5.32 Å². The second-order valence-electron chi connectivity index (χ2n) is 5.81. The van der Waals surface area contributed by atoms with Gasteiger partial charge in [0.1, 0.15) is 11.6 Å². The number of piperazine rings is 1. The van der Waals surface area contributed by atoms with Crippen molar-refractivity contribution in [3.63, 3.8) is 0 Å². The minimum atomic E-state index is -3.22. The zero-order valence-corrected chi connectivity index (χ0v) is 15.1. The predicted molar refractivity (Wildman–Crippen MR) is 90.8 cm³/mol. The molecule has 0 aromatic carbocycles. The molecular formula is C15H24N4O5S. The standard InChI is InChI=1S/C15H24N4O5S/c1-25(23,24)19-9-7-18(8-10-19)12-13(11-16)15(22)17-6-4-2-3-5-14(20)21/h12H,2-10H2,1H3,(H,17,22)(H,20,21)/b13-12-. The molecule has 0 saturated carbocycles. The second kappa shape index (κ2) is 10.0. The van der Waals surface area contributed by atoms with E-state index in [2.05, 4.69) is 5.32 Å². The highest BCUT2D eigenvalue weighted by Crippen LogP contribution is 2.08. The van der Waals surface area contributed by atoms with Crippen molar-refractivity contribution < 1.29 is 23.1 Å². The van der Waals surface area contributed by atoms with Crippen LogP contribution in [0.5, 0.6) is 0 Å². The molecule has 0 radical (unpaired) electrons. The number of nitrogens with zero attached hydrogens (tertiary/aromatic N) is 3. The van der Waals surface area contributed by atoms with E-state index in [0.717, 1.165) is 6.26 Å². The number of carbonyl (C=O) groups is 2. The molecule has 1 heterocycles. The van der Waals surface area contributed by atoms with Crippen LogP contribution in [0.15, 0.2) is 11.8 Å². The molecule has 0 bridgehead atoms. The van der Waals surface area contributed by atoms with E-state index in [1.54, 1.807) is 4.90 Å². The average molecular weight is 372 g/mol. The summed E-state index contributed by atoms with van der Waals surface area (Å²) in [5, 5.41) is 20.3. The van der Waals surface area contributed by atoms with E-state index in [0.29, 0.717) is 52.0 Å². The molecule has 1 rings (SSSR count). The van der Waals surface area contributed by atoms with Gasteiger partial charge in [-0.1, -0.05) is 6.42 Å². The third-order valence-electron chi connectivity index (χ3n) is 3.77. The second-order valence-corrected chi connectivity index (χ2v) is 7.80. The maximum absolute atomic E-state index is 12.0. The van der Waals surface area contributed by atoms with Crippen molar-refractivity contribution in [2.45, 2.75) is 25.7 Å². The Kier molecular flexibility index (Phi) is 8.37. The Morgan fingerprint density at radius 2 is 1.84 bits per heavy atom. The van der Waals surface area contributed by atoms with E-state index in [-0.39, 0.29) is 12.0 Å². The van der Waals surface area contributed by atoms with Gasteiger partial charge in [0, 0.05) is 45.3 Å². The number of sulfonamides is 1. The maximum atomic E-state index is 12.0. The monoisotopic (exact) mass is 372 g/mol. The molecule has 0 aromatic heterocycles. The molecule has 0 aliphatic carbocycles. The SMILES string of the molecule is CS(=O)(=O)N1CCN(/C=C(/C#N)C(=O)NCCCCCC(=O)O)CC1. The lowest BCUT2D eigenvalue weighted by atomic mass is 10.2. The number of aliphatic carboxylic acids is 1. The molecule has 0 aromatic rings. The van der Waals surface area contributed by atoms with Gasteiger partial charge in [-0.25, -0.2) is 8.42 Å². The fraction of sp³-hybridized carbons (Fsp3) is 0.667. The quantitative estimate of drug-likeness (QED) is 0.324. The van der Waals surface area contributed by atoms with E-state index in [9.17, 15) is 18.0 Å². The summed E-state index contributed by atoms with van der Waals surface area (Å²) in [5.74, 6) is -1.32. The Balaban J connectivity index is 2.40. The minimum absolute atomic E-state index is 0.0293. The van der Waals surface area contributed by atoms with E-state index >= 15 is 0 Å². The van der Waals surface area contributed by atoms with Crippen molar-refractivity contribution in [1.82, 2.24) is 14.5 Å². The molecule has 1 amide bonds. The third-order valence-corrected chi connectivity index (χ3v) is 5.08. The van der Waals surface area contributed by atoms with Gasteiger partial charge in [0.25, 0.3) is 5.91 Å². The largest absolute Gasteiger partial charge is 0.481 e. The molecule has 9 nitrogen and oxygen atoms in total. The van der Waals surface area contributed by atoms with Crippen molar-refractivity contribution in [3.8, 4) is 6.07 Å². The lowest BCUT2D eigenvalue weighted by Crippen LogP contribution is -2.46. The summed E-state index contributed by atoms with van der Waals surface area (Å²) < 4.78 is 24.3. The Bertz CT molecular complexity index is 645. The molecular weight excluding hydrogens is 348 g/mol. The first kappa shape index (κ1) is 20.9. The summed E-state index contributed by atoms with van der Waals surface area (Å²) in [6, 6.07) is 1.86. The number of carboxylic acids is 1. The van der Waals surface area contributed by atoms with Gasteiger partial charge in [-0.3, -0.25) is 9.59 Å². The molecule has 1 aliphatic heterocycles. The Hall–Kier alpha value is -2.12. The fourth-order valence-electron chi connectivity index (χ4n) is 2.36. The molecule has 1 fully saturated rings. The molecule has 0 spiro atoms. The summed E-state index contributed by atoms with van der Waals surface area (Å²) >= 11 is 0. The first-order chi connectivity index (χ1) is 11.7. The lowest BCUT2D eigenvalue weighted by Gasteiger charge is -2.32. The molecule has 0 atom stereocenters. The van der Waals surface area contributed by atoms with Gasteiger partial charge in [-0.15, -0.1) is 0 Å². The van der Waals surface area contributed by atoms with E-state index in [4.69, 9.17) is 10.4 Å². The van der Waals surface area contributed by atoms with Gasteiger partial charge in [0.2, 0.25) is 10.0 Å². The average Bonchev–Trinajstić information content (AvgIpc) is 2.55. The fourth-order valence-corrected chi connectivity index (χ4v) is 3.19. The van der Waals surface area contributed by atoms with Crippen molar-refractivity contribution in [3.05, 3.63) is 11.8 Å². The summed E-state index contributed by atoms with van der Waals surface area (Å²) in [7, 11) is -3.22. The Morgan fingerprint density at radius 1 is 1.20 bits per heavy atom. The van der Waals surface area contributed by atoms with Crippen LogP contribution in [0.1, 0.15) is 25.7 Å². The highest BCUT2D eigenvalue weighted by atomic mass is 32.2. The number of unbranched alkanes of at least 4 members (excludes halogenated alkanes) is 2. The maximum Gasteiger partial charge on any atom is 0.303 e. The summed E-state index contributed by atoms with van der Waals surface area (Å²) in [6.45, 7) is 1.85. The number of amides is 1. The van der Waals surface area contributed by atoms with Gasteiger partial charge in [-0.2, -0.15) is 9.57 Å². The van der Waals surface area contributed by atoms with Gasteiger partial charge in [0.15, 0.2) is 0 Å². The zero-order valence-electron chi connectivity index (χ0n) is 14.3. The number of rotatable bonds is 9. The Morgan fingerprint density at radius 3 is 2.36 bits per heavy atom. The highest BCUT2D eigenvalue weighted by Gasteiger charge is 2.22. The van der Waals surface area contributed by atoms with Gasteiger partial charge in [-0.05, 0) is 12.8 Å². The Labute approximate surface area is 147 Å². The van der Waals surface area contributed by atoms with Crippen molar-refractivity contribution >= 4 is 21.9 Å². The van der Waals surface area contributed by atoms with Crippen LogP contribution >= 0.6 is 0 Å². The van der Waals surface area contributed by atoms with Crippen molar-refractivity contribution in [2.75, 3.05) is 39.0 Å². The van der Waals surface area contributed by atoms with Crippen LogP contribution in [0.4, 0.5) is 0 Å². The van der Waals surface area contributed by atoms with Crippen LogP contribution in [0.3, 0.4) is 0 Å². The van der Waals surface area contributed by atoms with Crippen LogP contribution in [-0.4, -0.2) is 73.6 Å². The predicted octanol–water partition coefficient (Wildman–Crippen LogP) is -0.268. The molecule has 140 valence electrons. The molecule has 2 N–H and O–H groups in total. The normalized spacial score (nSPS) is 16.3. The smallest absolute Gasteiger partial charge is 0.303 e. The van der Waals surface area contributed by atoms with Gasteiger partial charge in [0.05, 0.1) is 6.26 Å². The third kappa shape index (κ3) is 8.00. The van der Waals surface area contributed by atoms with E-state index in [1.807, 2.05) is 6.07 Å². The first-order valence-corrected chi connectivity index (χ1v) is 9.90. The highest BCUT2D eigenvalue weighted by molar-refractivity contribution is 7.88. The van der Waals surface area contributed by atoms with Crippen molar-refractivity contribution in [2.24, 2.45) is 0 Å². The number of hydrogen-bond donors (Lipinski definition) is 2. The zero-order chi connectivity index (χ0) is 18.9. The summed E-state index contributed by atoms with van der Waals surface area (Å²) in [6.07, 6.45) is 4.60. The number of nitriles is 1. The number of carbonyl (C=O) groups excluding carboxylic acids is 1. The van der Waals surface area contributed by atoms with Gasteiger partial charge < -0.3 is 15.3 Å². The van der Waals surface area contributed by atoms with Crippen LogP contribution in [-0.2, 0) is 19.6 Å². The summed E-state index contributed by atoms with van der Waals surface area (Å²) in [5.41, 5.74) is -0.0293. The minimum Gasteiger partial charge on any atom is -0.481 e. The van der Waals surface area contributed by atoms with E-state index in [1.165, 1.54) is 10.5 Å². The molecule has 1 saturated heterocycles. The number of hydrogen-bond acceptors (Lipinski definition) is 6. The molecule has 10 heteroatoms. The summed E-state index contributed by atoms with van der Waals surface area (Å²) in [4.78, 5) is 24.1. The van der Waals surface area contributed by atoms with Crippen molar-refractivity contribution in [1.29, 1.82) is 5.26 Å². The molecule has 0 unspecified atom stereocenters. The molecule has 25 heavy (non-hydrogen) atoms. The van der Waals surface area contributed by atoms with Crippen LogP contribution in [0.25, 0.3) is 0 Å². The molecule has 1 aliphatic rings. The van der Waals surface area contributed by atoms with E-state index < -0.39 is 21.9 Å². The van der Waals surface area contributed by atoms with Gasteiger partial charge >= 0.3 is 5.97 Å². The van der Waals surface area contributed by atoms with Crippen LogP contribution in [0, 0.1) is 11.3 Å². The topological polar surface area (TPSA) is 131 Å². The number of nitrogens with one attached hydrogen (secondary N) is 1. The number of carboxylic acid groups (broad SMARTS) is 1. The lowest BCUT2D eigenvalue weighted by molar-refractivity contribution is -0.137. The first-order valence-electron chi connectivity index (χ1n) is 8.05.